The molecule has 0 amide bonds. The van der Waals surface area contributed by atoms with Gasteiger partial charge in [0.05, 0.1) is 12.8 Å². The summed E-state index contributed by atoms with van der Waals surface area (Å²) >= 11 is 0. The third-order valence-electron chi connectivity index (χ3n) is 2.88. The number of hydrazone groups is 1. The molecule has 0 saturated carbocycles. The molecular formula is C16H20N4O2. The summed E-state index contributed by atoms with van der Waals surface area (Å²) in [7, 11) is 0. The van der Waals surface area contributed by atoms with Gasteiger partial charge in [-0.2, -0.15) is 5.10 Å². The topological polar surface area (TPSA) is 79.4 Å². The molecule has 0 aliphatic heterocycles. The number of H-pyrrole nitrogens is 1. The molecule has 1 heterocycles. The highest BCUT2D eigenvalue weighted by molar-refractivity contribution is 5.80. The predicted octanol–water partition coefficient (Wildman–Crippen LogP) is 2.70. The van der Waals surface area contributed by atoms with E-state index in [1.807, 2.05) is 24.3 Å². The Morgan fingerprint density at radius 2 is 2.27 bits per heavy atom. The fourth-order valence-electron chi connectivity index (χ4n) is 1.82. The van der Waals surface area contributed by atoms with Gasteiger partial charge in [0, 0.05) is 11.8 Å². The smallest absolute Gasteiger partial charge is 0.252 e. The van der Waals surface area contributed by atoms with Crippen LogP contribution in [0.1, 0.15) is 31.0 Å². The predicted molar refractivity (Wildman–Crippen MR) is 87.7 cm³/mol. The Labute approximate surface area is 129 Å². The number of aromatic nitrogens is 2. The van der Waals surface area contributed by atoms with Gasteiger partial charge in [-0.3, -0.25) is 9.78 Å². The monoisotopic (exact) mass is 300 g/mol. The maximum atomic E-state index is 11.3. The molecule has 116 valence electrons. The van der Waals surface area contributed by atoms with Crippen LogP contribution in [0.5, 0.6) is 5.75 Å². The summed E-state index contributed by atoms with van der Waals surface area (Å²) in [6.07, 6.45) is 3.79. The van der Waals surface area contributed by atoms with Gasteiger partial charge in [-0.25, -0.2) is 10.4 Å². The number of unbranched alkanes of at least 4 members (excludes halogenated alkanes) is 1. The fourth-order valence-corrected chi connectivity index (χ4v) is 1.82. The standard InChI is InChI=1S/C16H20N4O2/c1-3-4-8-22-14-7-5-6-13(10-14)11-17-20-16-18-12(2)9-15(21)19-16/h5-7,9-11H,3-4,8H2,1-2H3,(H2,18,19,20,21)/b17-11+. The van der Waals surface area contributed by atoms with Gasteiger partial charge >= 0.3 is 0 Å². The normalized spacial score (nSPS) is 10.8. The summed E-state index contributed by atoms with van der Waals surface area (Å²) in [6, 6.07) is 9.08. The van der Waals surface area contributed by atoms with Gasteiger partial charge < -0.3 is 4.74 Å². The maximum Gasteiger partial charge on any atom is 0.252 e. The molecule has 1 aromatic carbocycles. The van der Waals surface area contributed by atoms with Crippen LogP contribution >= 0.6 is 0 Å². The Balaban J connectivity index is 1.97. The van der Waals surface area contributed by atoms with E-state index in [1.54, 1.807) is 13.1 Å². The minimum Gasteiger partial charge on any atom is -0.494 e. The van der Waals surface area contributed by atoms with Crippen LogP contribution in [0.25, 0.3) is 0 Å². The van der Waals surface area contributed by atoms with Gasteiger partial charge in [0.2, 0.25) is 5.95 Å². The van der Waals surface area contributed by atoms with Gasteiger partial charge in [0.1, 0.15) is 5.75 Å². The zero-order valence-electron chi connectivity index (χ0n) is 12.8. The van der Waals surface area contributed by atoms with Crippen molar-refractivity contribution in [3.05, 3.63) is 51.9 Å². The highest BCUT2D eigenvalue weighted by atomic mass is 16.5. The van der Waals surface area contributed by atoms with Crippen LogP contribution in [-0.4, -0.2) is 22.8 Å². The van der Waals surface area contributed by atoms with Crippen molar-refractivity contribution >= 4 is 12.2 Å². The molecule has 0 aliphatic carbocycles. The van der Waals surface area contributed by atoms with Crippen LogP contribution in [0.15, 0.2) is 40.2 Å². The Hall–Kier alpha value is -2.63. The van der Waals surface area contributed by atoms with Gasteiger partial charge in [0.25, 0.3) is 5.56 Å². The third kappa shape index (κ3) is 5.05. The van der Waals surface area contributed by atoms with E-state index in [2.05, 4.69) is 27.4 Å². The van der Waals surface area contributed by atoms with E-state index in [1.165, 1.54) is 6.07 Å². The number of nitrogens with zero attached hydrogens (tertiary/aromatic N) is 2. The first-order valence-electron chi connectivity index (χ1n) is 7.27. The largest absolute Gasteiger partial charge is 0.494 e. The number of aryl methyl sites for hydroxylation is 1. The maximum absolute atomic E-state index is 11.3. The first-order valence-corrected chi connectivity index (χ1v) is 7.27. The molecule has 22 heavy (non-hydrogen) atoms. The summed E-state index contributed by atoms with van der Waals surface area (Å²) in [4.78, 5) is 18.0. The number of aromatic amines is 1. The van der Waals surface area contributed by atoms with E-state index in [0.29, 0.717) is 18.2 Å². The van der Waals surface area contributed by atoms with E-state index >= 15 is 0 Å². The van der Waals surface area contributed by atoms with Crippen molar-refractivity contribution in [3.63, 3.8) is 0 Å². The van der Waals surface area contributed by atoms with Crippen LogP contribution in [0.3, 0.4) is 0 Å². The summed E-state index contributed by atoms with van der Waals surface area (Å²) in [5, 5.41) is 4.07. The number of benzene rings is 1. The summed E-state index contributed by atoms with van der Waals surface area (Å²) in [5.74, 6) is 1.14. The second kappa shape index (κ2) is 7.97. The van der Waals surface area contributed by atoms with Crippen LogP contribution < -0.4 is 15.7 Å². The zero-order chi connectivity index (χ0) is 15.8. The number of anilines is 1. The molecule has 0 radical (unpaired) electrons. The van der Waals surface area contributed by atoms with Crippen molar-refractivity contribution in [2.45, 2.75) is 26.7 Å². The highest BCUT2D eigenvalue weighted by Crippen LogP contribution is 2.12. The first kappa shape index (κ1) is 15.8. The summed E-state index contributed by atoms with van der Waals surface area (Å²) in [5.41, 5.74) is 4.03. The molecular weight excluding hydrogens is 280 g/mol. The van der Waals surface area contributed by atoms with Crippen LogP contribution in [0, 0.1) is 6.92 Å². The summed E-state index contributed by atoms with van der Waals surface area (Å²) < 4.78 is 5.64. The van der Waals surface area contributed by atoms with Gasteiger partial charge in [-0.1, -0.05) is 25.5 Å². The third-order valence-corrected chi connectivity index (χ3v) is 2.88. The SMILES string of the molecule is CCCCOc1cccc(/C=N/Nc2nc(C)cc(=O)[nH]2)c1. The molecule has 0 bridgehead atoms. The average Bonchev–Trinajstić information content (AvgIpc) is 2.47. The molecule has 2 rings (SSSR count). The Morgan fingerprint density at radius 1 is 1.41 bits per heavy atom. The Kier molecular flexibility index (Phi) is 5.71. The highest BCUT2D eigenvalue weighted by Gasteiger charge is 1.97. The van der Waals surface area contributed by atoms with E-state index < -0.39 is 0 Å². The second-order valence-corrected chi connectivity index (χ2v) is 4.88. The zero-order valence-corrected chi connectivity index (χ0v) is 12.8. The van der Waals surface area contributed by atoms with Crippen LogP contribution in [0.2, 0.25) is 0 Å². The van der Waals surface area contributed by atoms with Gasteiger partial charge in [0.15, 0.2) is 0 Å². The van der Waals surface area contributed by atoms with Crippen molar-refractivity contribution in [2.24, 2.45) is 5.10 Å². The van der Waals surface area contributed by atoms with Crippen molar-refractivity contribution in [1.82, 2.24) is 9.97 Å². The minimum absolute atomic E-state index is 0.212. The molecule has 0 fully saturated rings. The molecule has 6 nitrogen and oxygen atoms in total. The van der Waals surface area contributed by atoms with Crippen molar-refractivity contribution in [1.29, 1.82) is 0 Å². The molecule has 6 heteroatoms. The van der Waals surface area contributed by atoms with Crippen molar-refractivity contribution in [2.75, 3.05) is 12.0 Å². The van der Waals surface area contributed by atoms with Crippen molar-refractivity contribution in [3.8, 4) is 5.75 Å². The Bertz CT molecular complexity index is 695. The molecule has 2 aromatic rings. The van der Waals surface area contributed by atoms with Crippen LogP contribution in [-0.2, 0) is 0 Å². The lowest BCUT2D eigenvalue weighted by Crippen LogP contribution is -2.10. The van der Waals surface area contributed by atoms with Crippen LogP contribution in [0.4, 0.5) is 5.95 Å². The second-order valence-electron chi connectivity index (χ2n) is 4.88. The molecule has 2 N–H and O–H groups in total. The number of hydrogen-bond donors (Lipinski definition) is 2. The first-order chi connectivity index (χ1) is 10.7. The van der Waals surface area contributed by atoms with Gasteiger partial charge in [-0.05, 0) is 31.0 Å². The fraction of sp³-hybridized carbons (Fsp3) is 0.312. The molecule has 0 saturated heterocycles. The molecule has 1 aromatic heterocycles. The minimum atomic E-state index is -0.212. The lowest BCUT2D eigenvalue weighted by Gasteiger charge is -2.05. The quantitative estimate of drug-likeness (QED) is 0.468. The molecule has 0 spiro atoms. The lowest BCUT2D eigenvalue weighted by atomic mass is 10.2. The number of rotatable bonds is 7. The van der Waals surface area contributed by atoms with E-state index in [0.717, 1.165) is 24.2 Å². The number of ether oxygens (including phenoxy) is 1. The molecule has 0 aliphatic rings. The lowest BCUT2D eigenvalue weighted by molar-refractivity contribution is 0.309. The van der Waals surface area contributed by atoms with E-state index in [4.69, 9.17) is 4.74 Å². The Morgan fingerprint density at radius 3 is 3.05 bits per heavy atom. The summed E-state index contributed by atoms with van der Waals surface area (Å²) in [6.45, 7) is 4.59. The molecule has 0 atom stereocenters. The van der Waals surface area contributed by atoms with E-state index in [9.17, 15) is 4.79 Å². The van der Waals surface area contributed by atoms with Crippen molar-refractivity contribution < 1.29 is 4.74 Å². The number of nitrogens with one attached hydrogen (secondary N) is 2. The molecule has 0 unspecified atom stereocenters. The average molecular weight is 300 g/mol. The number of hydrogen-bond acceptors (Lipinski definition) is 5. The van der Waals surface area contributed by atoms with E-state index in [-0.39, 0.29) is 5.56 Å². The van der Waals surface area contributed by atoms with Gasteiger partial charge in [-0.15, -0.1) is 0 Å².